The number of rotatable bonds is 9. The lowest BCUT2D eigenvalue weighted by molar-refractivity contribution is -0.139. The van der Waals surface area contributed by atoms with E-state index in [-0.39, 0.29) is 19.1 Å². The van der Waals surface area contributed by atoms with E-state index in [1.54, 1.807) is 72.8 Å². The number of carbonyl (C=O) groups is 3. The van der Waals surface area contributed by atoms with Gasteiger partial charge in [-0.3, -0.25) is 14.4 Å². The number of ether oxygens (including phenoxy) is 2. The Kier molecular flexibility index (Phi) is 9.21. The Morgan fingerprint density at radius 2 is 1.66 bits per heavy atom. The molecule has 0 aromatic heterocycles. The van der Waals surface area contributed by atoms with Crippen molar-refractivity contribution in [2.45, 2.75) is 6.54 Å². The highest BCUT2D eigenvalue weighted by Crippen LogP contribution is 2.23. The highest BCUT2D eigenvalue weighted by atomic mass is 35.5. The lowest BCUT2D eigenvalue weighted by Crippen LogP contribution is -2.37. The molecule has 0 spiro atoms. The number of anilines is 1. The molecule has 0 saturated carbocycles. The van der Waals surface area contributed by atoms with Gasteiger partial charge in [0.25, 0.3) is 5.91 Å². The minimum Gasteiger partial charge on any atom is -0.495 e. The first-order chi connectivity index (χ1) is 16.9. The van der Waals surface area contributed by atoms with Gasteiger partial charge in [-0.2, -0.15) is 5.10 Å². The molecule has 3 aromatic carbocycles. The molecular weight excluding hydrogens is 472 g/mol. The highest BCUT2D eigenvalue weighted by Gasteiger charge is 2.12. The van der Waals surface area contributed by atoms with E-state index in [0.717, 1.165) is 5.56 Å². The molecule has 3 aromatic rings. The monoisotopic (exact) mass is 494 g/mol. The maximum absolute atomic E-state index is 12.1. The lowest BCUT2D eigenvalue weighted by Gasteiger charge is -2.10. The molecule has 0 unspecified atom stereocenters. The summed E-state index contributed by atoms with van der Waals surface area (Å²) in [6, 6.07) is 20.6. The molecule has 0 aliphatic heterocycles. The van der Waals surface area contributed by atoms with E-state index in [4.69, 9.17) is 21.1 Å². The zero-order chi connectivity index (χ0) is 25.0. The fraction of sp³-hybridized carbons (Fsp3) is 0.120. The minimum atomic E-state index is -0.892. The molecule has 0 aliphatic rings. The summed E-state index contributed by atoms with van der Waals surface area (Å²) < 4.78 is 10.7. The molecule has 3 N–H and O–H groups in total. The van der Waals surface area contributed by atoms with Crippen LogP contribution in [0.15, 0.2) is 77.9 Å². The minimum absolute atomic E-state index is 0.186. The van der Waals surface area contributed by atoms with Gasteiger partial charge >= 0.3 is 11.8 Å². The number of nitrogens with one attached hydrogen (secondary N) is 3. The van der Waals surface area contributed by atoms with Crippen molar-refractivity contribution in [1.29, 1.82) is 0 Å². The van der Waals surface area contributed by atoms with Crippen molar-refractivity contribution in [2.75, 3.05) is 19.0 Å². The van der Waals surface area contributed by atoms with Crippen LogP contribution in [0.1, 0.15) is 11.1 Å². The third kappa shape index (κ3) is 8.17. The summed E-state index contributed by atoms with van der Waals surface area (Å²) in [5.74, 6) is -1.01. The molecule has 0 bridgehead atoms. The van der Waals surface area contributed by atoms with Gasteiger partial charge in [0.15, 0.2) is 6.61 Å². The van der Waals surface area contributed by atoms with E-state index in [0.29, 0.717) is 27.8 Å². The Hall–Kier alpha value is -4.37. The van der Waals surface area contributed by atoms with Gasteiger partial charge < -0.3 is 20.1 Å². The van der Waals surface area contributed by atoms with Crippen LogP contribution in [0.3, 0.4) is 0 Å². The molecule has 10 heteroatoms. The van der Waals surface area contributed by atoms with Gasteiger partial charge in [0, 0.05) is 11.6 Å². The SMILES string of the molecule is COc1ccccc1NC(=O)COc1ccc(/C=N\NC(=O)C(=O)NCc2ccc(Cl)cc2)cc1. The maximum Gasteiger partial charge on any atom is 0.329 e. The van der Waals surface area contributed by atoms with Crippen LogP contribution in [-0.2, 0) is 20.9 Å². The van der Waals surface area contributed by atoms with Gasteiger partial charge in [0.2, 0.25) is 0 Å². The molecule has 3 rings (SSSR count). The molecule has 3 amide bonds. The smallest absolute Gasteiger partial charge is 0.329 e. The van der Waals surface area contributed by atoms with Crippen LogP contribution in [0.2, 0.25) is 5.02 Å². The molecule has 35 heavy (non-hydrogen) atoms. The van der Waals surface area contributed by atoms with Crippen molar-refractivity contribution in [1.82, 2.24) is 10.7 Å². The second-order valence-electron chi connectivity index (χ2n) is 7.11. The first-order valence-electron chi connectivity index (χ1n) is 10.5. The van der Waals surface area contributed by atoms with E-state index < -0.39 is 11.8 Å². The Bertz CT molecular complexity index is 1200. The van der Waals surface area contributed by atoms with Crippen LogP contribution in [0.5, 0.6) is 11.5 Å². The largest absolute Gasteiger partial charge is 0.495 e. The van der Waals surface area contributed by atoms with Crippen LogP contribution in [0.25, 0.3) is 0 Å². The standard InChI is InChI=1S/C25H23ClN4O5/c1-34-22-5-3-2-4-21(22)29-23(31)16-35-20-12-8-18(9-13-20)15-28-30-25(33)24(32)27-14-17-6-10-19(26)11-7-17/h2-13,15H,14,16H2,1H3,(H,27,32)(H,29,31)(H,30,33)/b28-15-. The first kappa shape index (κ1) is 25.3. The van der Waals surface area contributed by atoms with Gasteiger partial charge in [-0.05, 0) is 59.7 Å². The average Bonchev–Trinajstić information content (AvgIpc) is 2.88. The topological polar surface area (TPSA) is 118 Å². The number of amides is 3. The summed E-state index contributed by atoms with van der Waals surface area (Å²) in [7, 11) is 1.52. The predicted octanol–water partition coefficient (Wildman–Crippen LogP) is 3.13. The predicted molar refractivity (Wildman–Crippen MR) is 133 cm³/mol. The fourth-order valence-corrected chi connectivity index (χ4v) is 2.94. The number of hydrogen-bond acceptors (Lipinski definition) is 6. The van der Waals surface area contributed by atoms with Gasteiger partial charge in [-0.25, -0.2) is 5.43 Å². The molecule has 0 aliphatic carbocycles. The van der Waals surface area contributed by atoms with Crippen LogP contribution >= 0.6 is 11.6 Å². The Morgan fingerprint density at radius 3 is 2.37 bits per heavy atom. The second kappa shape index (κ2) is 12.8. The van der Waals surface area contributed by atoms with Crippen molar-refractivity contribution in [3.63, 3.8) is 0 Å². The first-order valence-corrected chi connectivity index (χ1v) is 10.8. The summed E-state index contributed by atoms with van der Waals surface area (Å²) in [6.45, 7) is -0.00180. The number of hydrazone groups is 1. The van der Waals surface area contributed by atoms with E-state index in [1.807, 2.05) is 0 Å². The molecule has 9 nitrogen and oxygen atoms in total. The second-order valence-corrected chi connectivity index (χ2v) is 7.55. The quantitative estimate of drug-likeness (QED) is 0.240. The number of nitrogens with zero attached hydrogens (tertiary/aromatic N) is 1. The maximum atomic E-state index is 12.1. The summed E-state index contributed by atoms with van der Waals surface area (Å²) in [4.78, 5) is 35.9. The Balaban J connectivity index is 1.40. The van der Waals surface area contributed by atoms with E-state index in [2.05, 4.69) is 21.2 Å². The molecule has 180 valence electrons. The zero-order valence-corrected chi connectivity index (χ0v) is 19.5. The van der Waals surface area contributed by atoms with Crippen molar-refractivity contribution in [3.05, 3.63) is 88.9 Å². The highest BCUT2D eigenvalue weighted by molar-refractivity contribution is 6.35. The van der Waals surface area contributed by atoms with Gasteiger partial charge in [-0.1, -0.05) is 35.9 Å². The number of halogens is 1. The van der Waals surface area contributed by atoms with E-state index >= 15 is 0 Å². The summed E-state index contributed by atoms with van der Waals surface area (Å²) in [5, 5.41) is 9.58. The number of para-hydroxylation sites is 2. The molecule has 0 radical (unpaired) electrons. The normalized spacial score (nSPS) is 10.5. The Labute approximate surface area is 207 Å². The number of benzene rings is 3. The van der Waals surface area contributed by atoms with Crippen LogP contribution in [0.4, 0.5) is 5.69 Å². The van der Waals surface area contributed by atoms with Crippen LogP contribution in [0, 0.1) is 0 Å². The van der Waals surface area contributed by atoms with E-state index in [9.17, 15) is 14.4 Å². The van der Waals surface area contributed by atoms with Crippen molar-refractivity contribution in [3.8, 4) is 11.5 Å². The van der Waals surface area contributed by atoms with Gasteiger partial charge in [-0.15, -0.1) is 0 Å². The summed E-state index contributed by atoms with van der Waals surface area (Å²) in [5.41, 5.74) is 4.17. The van der Waals surface area contributed by atoms with Crippen molar-refractivity contribution < 1.29 is 23.9 Å². The summed E-state index contributed by atoms with van der Waals surface area (Å²) in [6.07, 6.45) is 1.38. The number of methoxy groups -OCH3 is 1. The number of hydrogen-bond donors (Lipinski definition) is 3. The molecular formula is C25H23ClN4O5. The van der Waals surface area contributed by atoms with E-state index in [1.165, 1.54) is 13.3 Å². The fourth-order valence-electron chi connectivity index (χ4n) is 2.81. The summed E-state index contributed by atoms with van der Waals surface area (Å²) >= 11 is 5.81. The van der Waals surface area contributed by atoms with Crippen LogP contribution in [-0.4, -0.2) is 37.7 Å². The zero-order valence-electron chi connectivity index (χ0n) is 18.8. The van der Waals surface area contributed by atoms with Crippen LogP contribution < -0.4 is 25.5 Å². The lowest BCUT2D eigenvalue weighted by atomic mass is 10.2. The molecule has 0 heterocycles. The third-order valence-corrected chi connectivity index (χ3v) is 4.84. The molecule has 0 atom stereocenters. The average molecular weight is 495 g/mol. The Morgan fingerprint density at radius 1 is 0.943 bits per heavy atom. The molecule has 0 saturated heterocycles. The van der Waals surface area contributed by atoms with Crippen molar-refractivity contribution in [2.24, 2.45) is 5.10 Å². The molecule has 0 fully saturated rings. The van der Waals surface area contributed by atoms with Gasteiger partial charge in [0.1, 0.15) is 11.5 Å². The van der Waals surface area contributed by atoms with Crippen molar-refractivity contribution >= 4 is 41.2 Å². The third-order valence-electron chi connectivity index (χ3n) is 4.58. The number of carbonyl (C=O) groups excluding carboxylic acids is 3. The van der Waals surface area contributed by atoms with Gasteiger partial charge in [0.05, 0.1) is 19.0 Å².